The maximum absolute atomic E-state index is 8.92. The van der Waals surface area contributed by atoms with Gasteiger partial charge in [-0.25, -0.2) is 0 Å². The molecule has 3 N–H and O–H groups in total. The second kappa shape index (κ2) is 6.15. The highest BCUT2D eigenvalue weighted by Gasteiger charge is 2.30. The van der Waals surface area contributed by atoms with Crippen molar-refractivity contribution in [1.82, 2.24) is 0 Å². The second-order valence-electron chi connectivity index (χ2n) is 4.92. The van der Waals surface area contributed by atoms with Crippen molar-refractivity contribution in [2.24, 2.45) is 10.9 Å². The zero-order chi connectivity index (χ0) is 13.8. The summed E-state index contributed by atoms with van der Waals surface area (Å²) >= 11 is 6.01. The topological polar surface area (TPSA) is 61.8 Å². The first-order valence-electron chi connectivity index (χ1n) is 6.71. The Morgan fingerprint density at radius 2 is 2.26 bits per heavy atom. The lowest BCUT2D eigenvalue weighted by atomic mass is 10.1. The number of hydrogen-bond acceptors (Lipinski definition) is 3. The van der Waals surface area contributed by atoms with E-state index in [9.17, 15) is 0 Å². The number of amidine groups is 1. The number of anilines is 1. The van der Waals surface area contributed by atoms with Crippen molar-refractivity contribution < 1.29 is 5.21 Å². The van der Waals surface area contributed by atoms with E-state index in [-0.39, 0.29) is 5.84 Å². The van der Waals surface area contributed by atoms with Gasteiger partial charge in [0, 0.05) is 28.9 Å². The highest BCUT2D eigenvalue weighted by Crippen LogP contribution is 2.34. The number of oxime groups is 1. The lowest BCUT2D eigenvalue weighted by Crippen LogP contribution is -2.29. The minimum absolute atomic E-state index is 0.111. The van der Waals surface area contributed by atoms with Crippen molar-refractivity contribution in [2.45, 2.75) is 38.6 Å². The van der Waals surface area contributed by atoms with Gasteiger partial charge in [0.05, 0.1) is 0 Å². The van der Waals surface area contributed by atoms with E-state index in [0.29, 0.717) is 16.6 Å². The number of benzene rings is 1. The smallest absolute Gasteiger partial charge is 0.172 e. The van der Waals surface area contributed by atoms with Crippen LogP contribution in [0.3, 0.4) is 0 Å². The van der Waals surface area contributed by atoms with Gasteiger partial charge < -0.3 is 15.8 Å². The van der Waals surface area contributed by atoms with Crippen molar-refractivity contribution in [2.75, 3.05) is 11.4 Å². The Morgan fingerprint density at radius 3 is 2.84 bits per heavy atom. The van der Waals surface area contributed by atoms with Crippen LogP contribution in [0.4, 0.5) is 5.69 Å². The molecule has 1 aliphatic carbocycles. The van der Waals surface area contributed by atoms with Gasteiger partial charge in [-0.3, -0.25) is 0 Å². The molecule has 1 fully saturated rings. The van der Waals surface area contributed by atoms with Crippen LogP contribution in [0.2, 0.25) is 5.02 Å². The van der Waals surface area contributed by atoms with E-state index in [1.807, 2.05) is 12.1 Å². The Morgan fingerprint density at radius 1 is 1.53 bits per heavy atom. The monoisotopic (exact) mass is 281 g/mol. The van der Waals surface area contributed by atoms with Gasteiger partial charge in [0.1, 0.15) is 0 Å². The van der Waals surface area contributed by atoms with Crippen LogP contribution in [0.15, 0.2) is 23.4 Å². The average Bonchev–Trinajstić information content (AvgIpc) is 3.24. The zero-order valence-electron chi connectivity index (χ0n) is 11.1. The van der Waals surface area contributed by atoms with Gasteiger partial charge in [-0.2, -0.15) is 0 Å². The van der Waals surface area contributed by atoms with Gasteiger partial charge in [0.2, 0.25) is 0 Å². The van der Waals surface area contributed by atoms with Crippen LogP contribution in [0, 0.1) is 0 Å². The average molecular weight is 282 g/mol. The maximum atomic E-state index is 8.92. The first kappa shape index (κ1) is 14.0. The van der Waals surface area contributed by atoms with E-state index in [1.165, 1.54) is 12.8 Å². The molecular weight excluding hydrogens is 262 g/mol. The van der Waals surface area contributed by atoms with E-state index in [4.69, 9.17) is 22.5 Å². The van der Waals surface area contributed by atoms with Crippen molar-refractivity contribution in [1.29, 1.82) is 0 Å². The summed E-state index contributed by atoms with van der Waals surface area (Å²) in [7, 11) is 0. The Bertz CT molecular complexity index is 472. The van der Waals surface area contributed by atoms with Gasteiger partial charge in [-0.05, 0) is 37.5 Å². The van der Waals surface area contributed by atoms with Crippen LogP contribution >= 0.6 is 11.6 Å². The molecule has 0 aromatic heterocycles. The van der Waals surface area contributed by atoms with Crippen LogP contribution in [0.1, 0.15) is 38.2 Å². The Hall–Kier alpha value is -1.42. The molecule has 1 aromatic rings. The third kappa shape index (κ3) is 3.32. The molecule has 0 amide bonds. The summed E-state index contributed by atoms with van der Waals surface area (Å²) in [6.07, 6.45) is 4.70. The highest BCUT2D eigenvalue weighted by molar-refractivity contribution is 6.31. The molecule has 0 radical (unpaired) electrons. The van der Waals surface area contributed by atoms with Crippen LogP contribution in [-0.4, -0.2) is 23.6 Å². The summed E-state index contributed by atoms with van der Waals surface area (Å²) in [5.74, 6) is 0.111. The number of rotatable bonds is 6. The summed E-state index contributed by atoms with van der Waals surface area (Å²) in [5.41, 5.74) is 7.48. The number of unbranched alkanes of at least 4 members (excludes halogenated alkanes) is 1. The van der Waals surface area contributed by atoms with Crippen LogP contribution < -0.4 is 10.6 Å². The van der Waals surface area contributed by atoms with E-state index in [0.717, 1.165) is 25.1 Å². The number of hydrogen-bond donors (Lipinski definition) is 2. The fourth-order valence-corrected chi connectivity index (χ4v) is 2.40. The maximum Gasteiger partial charge on any atom is 0.172 e. The fraction of sp³-hybridized carbons (Fsp3) is 0.500. The van der Waals surface area contributed by atoms with E-state index >= 15 is 0 Å². The van der Waals surface area contributed by atoms with Crippen LogP contribution in [-0.2, 0) is 0 Å². The SMILES string of the molecule is CCCCN(c1ccc(Cl)cc1C(N)=NO)C1CC1. The molecule has 0 bridgehead atoms. The molecule has 0 saturated heterocycles. The number of halogens is 1. The molecule has 0 unspecified atom stereocenters. The molecule has 1 saturated carbocycles. The lowest BCUT2D eigenvalue weighted by molar-refractivity contribution is 0.318. The van der Waals surface area contributed by atoms with E-state index in [1.54, 1.807) is 6.07 Å². The van der Waals surface area contributed by atoms with Crippen molar-refractivity contribution >= 4 is 23.1 Å². The first-order valence-corrected chi connectivity index (χ1v) is 7.09. The summed E-state index contributed by atoms with van der Waals surface area (Å²) in [6.45, 7) is 3.17. The molecular formula is C14H20ClN3O. The largest absolute Gasteiger partial charge is 0.409 e. The lowest BCUT2D eigenvalue weighted by Gasteiger charge is -2.27. The second-order valence-corrected chi connectivity index (χ2v) is 5.36. The number of nitrogens with zero attached hydrogens (tertiary/aromatic N) is 2. The van der Waals surface area contributed by atoms with Gasteiger partial charge >= 0.3 is 0 Å². The molecule has 0 spiro atoms. The minimum Gasteiger partial charge on any atom is -0.409 e. The molecule has 0 heterocycles. The summed E-state index contributed by atoms with van der Waals surface area (Å²) in [5, 5.41) is 12.6. The van der Waals surface area contributed by atoms with Crippen LogP contribution in [0.25, 0.3) is 0 Å². The first-order chi connectivity index (χ1) is 9.17. The standard InChI is InChI=1S/C14H20ClN3O/c1-2-3-8-18(11-5-6-11)13-7-4-10(15)9-12(13)14(16)17-19/h4,7,9,11,19H,2-3,5-6,8H2,1H3,(H2,16,17). The molecule has 5 heteroatoms. The number of nitrogens with two attached hydrogens (primary N) is 1. The molecule has 0 atom stereocenters. The highest BCUT2D eigenvalue weighted by atomic mass is 35.5. The zero-order valence-corrected chi connectivity index (χ0v) is 11.9. The Kier molecular flexibility index (Phi) is 4.53. The molecule has 1 aliphatic rings. The summed E-state index contributed by atoms with van der Waals surface area (Å²) < 4.78 is 0. The van der Waals surface area contributed by atoms with Crippen molar-refractivity contribution in [3.05, 3.63) is 28.8 Å². The van der Waals surface area contributed by atoms with Crippen molar-refractivity contribution in [3.63, 3.8) is 0 Å². The summed E-state index contributed by atoms with van der Waals surface area (Å²) in [4.78, 5) is 2.35. The van der Waals surface area contributed by atoms with E-state index in [2.05, 4.69) is 17.0 Å². The minimum atomic E-state index is 0.111. The van der Waals surface area contributed by atoms with Crippen LogP contribution in [0.5, 0.6) is 0 Å². The summed E-state index contributed by atoms with van der Waals surface area (Å²) in [6, 6.07) is 6.15. The van der Waals surface area contributed by atoms with Gasteiger partial charge in [-0.15, -0.1) is 0 Å². The fourth-order valence-electron chi connectivity index (χ4n) is 2.23. The van der Waals surface area contributed by atoms with Gasteiger partial charge in [0.25, 0.3) is 0 Å². The molecule has 19 heavy (non-hydrogen) atoms. The predicted molar refractivity (Wildman–Crippen MR) is 79.2 cm³/mol. The Labute approximate surface area is 118 Å². The molecule has 1 aromatic carbocycles. The third-order valence-electron chi connectivity index (χ3n) is 3.39. The molecule has 2 rings (SSSR count). The quantitative estimate of drug-likeness (QED) is 0.364. The molecule has 4 nitrogen and oxygen atoms in total. The van der Waals surface area contributed by atoms with E-state index < -0.39 is 0 Å². The molecule has 0 aliphatic heterocycles. The normalized spacial score (nSPS) is 15.6. The third-order valence-corrected chi connectivity index (χ3v) is 3.63. The Balaban J connectivity index is 2.35. The molecule has 104 valence electrons. The predicted octanol–water partition coefficient (Wildman–Crippen LogP) is 3.20. The van der Waals surface area contributed by atoms with Gasteiger partial charge in [0.15, 0.2) is 5.84 Å². The van der Waals surface area contributed by atoms with Crippen molar-refractivity contribution in [3.8, 4) is 0 Å². The van der Waals surface area contributed by atoms with Gasteiger partial charge in [-0.1, -0.05) is 30.1 Å².